The molecule has 3 heterocycles. The van der Waals surface area contributed by atoms with Gasteiger partial charge in [-0.3, -0.25) is 4.79 Å². The van der Waals surface area contributed by atoms with E-state index < -0.39 is 6.17 Å². The number of fused-ring (bicyclic) bond motifs is 3. The van der Waals surface area contributed by atoms with Gasteiger partial charge in [0, 0.05) is 23.1 Å². The number of nitrogens with one attached hydrogen (secondary N) is 2. The SMILES string of the molecule is CCOC(=O)N1CCc2c(sc3c2C(=O)NC(c2ccc(OCC)cc2O)N3)C1. The van der Waals surface area contributed by atoms with E-state index >= 15 is 0 Å². The summed E-state index contributed by atoms with van der Waals surface area (Å²) in [6, 6.07) is 5.04. The van der Waals surface area contributed by atoms with Crippen molar-refractivity contribution in [2.24, 2.45) is 0 Å². The number of nitrogens with zero attached hydrogens (tertiary/aromatic N) is 1. The Balaban J connectivity index is 1.58. The second kappa shape index (κ2) is 7.82. The molecule has 0 radical (unpaired) electrons. The van der Waals surface area contributed by atoms with Crippen LogP contribution in [0.2, 0.25) is 0 Å². The number of benzene rings is 1. The van der Waals surface area contributed by atoms with Gasteiger partial charge in [-0.05, 0) is 38.0 Å². The van der Waals surface area contributed by atoms with Crippen molar-refractivity contribution in [3.63, 3.8) is 0 Å². The van der Waals surface area contributed by atoms with Gasteiger partial charge < -0.3 is 30.1 Å². The first-order valence-corrected chi connectivity index (χ1v) is 10.4. The maximum atomic E-state index is 12.8. The maximum absolute atomic E-state index is 12.8. The Morgan fingerprint density at radius 2 is 2.14 bits per heavy atom. The fraction of sp³-hybridized carbons (Fsp3) is 0.400. The number of carbonyl (C=O) groups is 2. The van der Waals surface area contributed by atoms with Crippen molar-refractivity contribution < 1.29 is 24.2 Å². The number of hydrogen-bond donors (Lipinski definition) is 3. The number of hydrogen-bond acceptors (Lipinski definition) is 7. The highest BCUT2D eigenvalue weighted by molar-refractivity contribution is 7.16. The summed E-state index contributed by atoms with van der Waals surface area (Å²) in [5.74, 6) is 0.438. The van der Waals surface area contributed by atoms with Crippen LogP contribution in [-0.2, 0) is 17.7 Å². The minimum Gasteiger partial charge on any atom is -0.507 e. The minimum atomic E-state index is -0.549. The van der Waals surface area contributed by atoms with Gasteiger partial charge in [0.1, 0.15) is 22.7 Å². The van der Waals surface area contributed by atoms with Crippen LogP contribution in [0.25, 0.3) is 0 Å². The van der Waals surface area contributed by atoms with Gasteiger partial charge in [-0.25, -0.2) is 4.79 Å². The number of rotatable bonds is 4. The van der Waals surface area contributed by atoms with E-state index in [1.165, 1.54) is 11.3 Å². The molecule has 1 atom stereocenters. The fourth-order valence-corrected chi connectivity index (χ4v) is 4.95. The predicted molar refractivity (Wildman–Crippen MR) is 109 cm³/mol. The highest BCUT2D eigenvalue weighted by Gasteiger charge is 2.35. The van der Waals surface area contributed by atoms with Gasteiger partial charge >= 0.3 is 6.09 Å². The molecule has 1 aromatic carbocycles. The number of aromatic hydroxyl groups is 1. The summed E-state index contributed by atoms with van der Waals surface area (Å²) in [6.07, 6.45) is -0.278. The number of anilines is 1. The largest absolute Gasteiger partial charge is 0.507 e. The topological polar surface area (TPSA) is 100 Å². The lowest BCUT2D eigenvalue weighted by Crippen LogP contribution is -2.39. The highest BCUT2D eigenvalue weighted by Crippen LogP contribution is 2.42. The van der Waals surface area contributed by atoms with Gasteiger partial charge in [-0.1, -0.05) is 0 Å². The number of ether oxygens (including phenoxy) is 2. The lowest BCUT2D eigenvalue weighted by molar-refractivity contribution is 0.0934. The molecule has 2 amide bonds. The molecule has 3 N–H and O–H groups in total. The number of carbonyl (C=O) groups excluding carboxylic acids is 2. The summed E-state index contributed by atoms with van der Waals surface area (Å²) in [4.78, 5) is 27.5. The van der Waals surface area contributed by atoms with Gasteiger partial charge in [0.05, 0.1) is 25.3 Å². The van der Waals surface area contributed by atoms with E-state index in [9.17, 15) is 14.7 Å². The molecule has 0 saturated heterocycles. The first kappa shape index (κ1) is 19.4. The Bertz CT molecular complexity index is 958. The Labute approximate surface area is 172 Å². The molecule has 0 spiro atoms. The first-order valence-electron chi connectivity index (χ1n) is 9.61. The van der Waals surface area contributed by atoms with Gasteiger partial charge in [0.15, 0.2) is 0 Å². The fourth-order valence-electron chi connectivity index (χ4n) is 3.67. The number of phenolic OH excluding ortho intramolecular Hbond substituents is 1. The molecule has 0 fully saturated rings. The van der Waals surface area contributed by atoms with Crippen molar-refractivity contribution in [1.82, 2.24) is 10.2 Å². The van der Waals surface area contributed by atoms with E-state index in [1.807, 2.05) is 6.92 Å². The number of thiophene rings is 1. The molecule has 1 unspecified atom stereocenters. The Hall–Kier alpha value is -2.94. The van der Waals surface area contributed by atoms with Crippen molar-refractivity contribution in [2.75, 3.05) is 25.1 Å². The quantitative estimate of drug-likeness (QED) is 0.706. The van der Waals surface area contributed by atoms with E-state index in [0.29, 0.717) is 49.6 Å². The van der Waals surface area contributed by atoms with E-state index in [4.69, 9.17) is 9.47 Å². The normalized spacial score (nSPS) is 17.7. The maximum Gasteiger partial charge on any atom is 0.410 e. The average molecular weight is 417 g/mol. The molecule has 4 rings (SSSR count). The smallest absolute Gasteiger partial charge is 0.410 e. The Kier molecular flexibility index (Phi) is 5.23. The van der Waals surface area contributed by atoms with Crippen molar-refractivity contribution in [1.29, 1.82) is 0 Å². The molecule has 0 saturated carbocycles. The molecule has 9 heteroatoms. The number of phenols is 1. The summed E-state index contributed by atoms with van der Waals surface area (Å²) in [7, 11) is 0. The van der Waals surface area contributed by atoms with Crippen molar-refractivity contribution in [3.05, 3.63) is 39.8 Å². The second-order valence-corrected chi connectivity index (χ2v) is 7.89. The summed E-state index contributed by atoms with van der Waals surface area (Å²) >= 11 is 1.47. The van der Waals surface area contributed by atoms with Crippen LogP contribution >= 0.6 is 11.3 Å². The lowest BCUT2D eigenvalue weighted by atomic mass is 10.0. The lowest BCUT2D eigenvalue weighted by Gasteiger charge is -2.28. The van der Waals surface area contributed by atoms with Gasteiger partial charge in [-0.15, -0.1) is 11.3 Å². The molecular weight excluding hydrogens is 394 g/mol. The van der Waals surface area contributed by atoms with Crippen LogP contribution in [0.3, 0.4) is 0 Å². The summed E-state index contributed by atoms with van der Waals surface area (Å²) in [6.45, 7) is 5.44. The molecule has 1 aromatic heterocycles. The van der Waals surface area contributed by atoms with Crippen LogP contribution in [0.4, 0.5) is 9.80 Å². The summed E-state index contributed by atoms with van der Waals surface area (Å²) in [5, 5.41) is 17.4. The van der Waals surface area contributed by atoms with Crippen LogP contribution in [-0.4, -0.2) is 41.8 Å². The molecule has 2 aromatic rings. The van der Waals surface area contributed by atoms with Crippen LogP contribution < -0.4 is 15.4 Å². The Morgan fingerprint density at radius 1 is 1.31 bits per heavy atom. The molecule has 2 aliphatic rings. The minimum absolute atomic E-state index is 0.0482. The van der Waals surface area contributed by atoms with Gasteiger partial charge in [0.2, 0.25) is 0 Å². The zero-order valence-corrected chi connectivity index (χ0v) is 17.1. The zero-order chi connectivity index (χ0) is 20.5. The highest BCUT2D eigenvalue weighted by atomic mass is 32.1. The third kappa shape index (κ3) is 3.57. The third-order valence-electron chi connectivity index (χ3n) is 4.98. The molecule has 0 aliphatic carbocycles. The van der Waals surface area contributed by atoms with Crippen molar-refractivity contribution >= 4 is 28.3 Å². The van der Waals surface area contributed by atoms with Crippen molar-refractivity contribution in [2.45, 2.75) is 33.0 Å². The molecule has 154 valence electrons. The van der Waals surface area contributed by atoms with Gasteiger partial charge in [-0.2, -0.15) is 0 Å². The summed E-state index contributed by atoms with van der Waals surface area (Å²) in [5.41, 5.74) is 2.17. The van der Waals surface area contributed by atoms with Crippen LogP contribution in [0, 0.1) is 0 Å². The second-order valence-electron chi connectivity index (χ2n) is 6.78. The van der Waals surface area contributed by atoms with E-state index in [2.05, 4.69) is 10.6 Å². The third-order valence-corrected chi connectivity index (χ3v) is 6.13. The van der Waals surface area contributed by atoms with Gasteiger partial charge in [0.25, 0.3) is 5.91 Å². The molecule has 2 aliphatic heterocycles. The standard InChI is InChI=1S/C20H23N3O5S/c1-3-27-11-5-6-12(14(24)9-11)17-21-18(25)16-13-7-8-23(20(26)28-4-2)10-15(13)29-19(16)22-17/h5-6,9,17,22,24H,3-4,7-8,10H2,1-2H3,(H,21,25). The first-order chi connectivity index (χ1) is 14.0. The van der Waals surface area contributed by atoms with E-state index in [0.717, 1.165) is 15.4 Å². The monoisotopic (exact) mass is 417 g/mol. The Morgan fingerprint density at radius 3 is 2.86 bits per heavy atom. The molecule has 0 bridgehead atoms. The predicted octanol–water partition coefficient (Wildman–Crippen LogP) is 3.22. The molecule has 29 heavy (non-hydrogen) atoms. The molecular formula is C20H23N3O5S. The molecule has 8 nitrogen and oxygen atoms in total. The van der Waals surface area contributed by atoms with Crippen LogP contribution in [0.15, 0.2) is 18.2 Å². The van der Waals surface area contributed by atoms with Crippen LogP contribution in [0.5, 0.6) is 11.5 Å². The summed E-state index contributed by atoms with van der Waals surface area (Å²) < 4.78 is 10.5. The average Bonchev–Trinajstić information content (AvgIpc) is 3.06. The van der Waals surface area contributed by atoms with E-state index in [1.54, 1.807) is 30.0 Å². The van der Waals surface area contributed by atoms with Crippen molar-refractivity contribution in [3.8, 4) is 11.5 Å². The van der Waals surface area contributed by atoms with Crippen LogP contribution in [0.1, 0.15) is 46.4 Å². The van der Waals surface area contributed by atoms with E-state index in [-0.39, 0.29) is 17.7 Å². The zero-order valence-electron chi connectivity index (χ0n) is 16.3. The number of amides is 2.